The lowest BCUT2D eigenvalue weighted by Crippen LogP contribution is -1.95. The molecule has 0 atom stereocenters. The van der Waals surface area contributed by atoms with Crippen molar-refractivity contribution in [3.05, 3.63) is 28.3 Å². The summed E-state index contributed by atoms with van der Waals surface area (Å²) < 4.78 is 0. The van der Waals surface area contributed by atoms with Crippen LogP contribution in [0.2, 0.25) is 0 Å². The number of carboxylic acid groups (broad SMARTS) is 1. The second-order valence-electron chi connectivity index (χ2n) is 3.88. The maximum atomic E-state index is 10.7. The van der Waals surface area contributed by atoms with Crippen LogP contribution in [0.4, 0.5) is 0 Å². The van der Waals surface area contributed by atoms with Crippen LogP contribution in [0.5, 0.6) is 0 Å². The smallest absolute Gasteiger partial charge is 0.356 e. The summed E-state index contributed by atoms with van der Waals surface area (Å²) in [4.78, 5) is 13.2. The summed E-state index contributed by atoms with van der Waals surface area (Å²) in [7, 11) is 0. The Morgan fingerprint density at radius 2 is 2.31 bits per heavy atom. The number of aromatic carboxylic acids is 1. The topological polar surface area (TPSA) is 66.0 Å². The molecule has 0 saturated carbocycles. The molecule has 16 heavy (non-hydrogen) atoms. The van der Waals surface area contributed by atoms with Crippen molar-refractivity contribution >= 4 is 17.3 Å². The van der Waals surface area contributed by atoms with E-state index < -0.39 is 5.97 Å². The van der Waals surface area contributed by atoms with Crippen molar-refractivity contribution < 1.29 is 9.90 Å². The molecule has 0 saturated heterocycles. The van der Waals surface area contributed by atoms with Gasteiger partial charge in [0.25, 0.3) is 0 Å². The molecular weight excluding hydrogens is 224 g/mol. The molecule has 2 aromatic rings. The predicted molar refractivity (Wildman–Crippen MR) is 60.9 cm³/mol. The minimum absolute atomic E-state index is 0.0727. The van der Waals surface area contributed by atoms with Crippen molar-refractivity contribution in [1.82, 2.24) is 10.2 Å². The molecule has 3 rings (SSSR count). The molecule has 5 heteroatoms. The zero-order valence-electron chi connectivity index (χ0n) is 8.49. The third kappa shape index (κ3) is 1.44. The number of aryl methyl sites for hydroxylation is 2. The largest absolute Gasteiger partial charge is 0.476 e. The van der Waals surface area contributed by atoms with E-state index in [0.717, 1.165) is 23.4 Å². The first-order valence-electron chi connectivity index (χ1n) is 5.15. The van der Waals surface area contributed by atoms with Gasteiger partial charge in [0.2, 0.25) is 0 Å². The first kappa shape index (κ1) is 9.59. The van der Waals surface area contributed by atoms with Crippen LogP contribution < -0.4 is 0 Å². The lowest BCUT2D eigenvalue weighted by Gasteiger charge is -1.89. The molecule has 0 spiro atoms. The summed E-state index contributed by atoms with van der Waals surface area (Å²) in [6, 6.07) is 3.73. The molecule has 0 aromatic carbocycles. The van der Waals surface area contributed by atoms with Gasteiger partial charge in [0.1, 0.15) is 0 Å². The molecule has 0 radical (unpaired) electrons. The van der Waals surface area contributed by atoms with Crippen LogP contribution in [0.3, 0.4) is 0 Å². The molecular formula is C11H10N2O2S. The number of H-pyrrole nitrogens is 1. The van der Waals surface area contributed by atoms with E-state index in [2.05, 4.69) is 16.3 Å². The SMILES string of the molecule is O=C(O)c1cc(-c2cc3c(s2)CCC3)[nH]n1. The number of fused-ring (bicyclic) bond motifs is 1. The maximum Gasteiger partial charge on any atom is 0.356 e. The van der Waals surface area contributed by atoms with Crippen LogP contribution in [-0.2, 0) is 12.8 Å². The van der Waals surface area contributed by atoms with Crippen LogP contribution in [0.25, 0.3) is 10.6 Å². The number of rotatable bonds is 2. The third-order valence-corrected chi connectivity index (χ3v) is 4.08. The molecule has 0 fully saturated rings. The van der Waals surface area contributed by atoms with Crippen LogP contribution in [0, 0.1) is 0 Å². The zero-order valence-corrected chi connectivity index (χ0v) is 9.30. The number of thiophene rings is 1. The molecule has 0 aliphatic heterocycles. The van der Waals surface area contributed by atoms with Crippen LogP contribution in [0.1, 0.15) is 27.3 Å². The Morgan fingerprint density at radius 1 is 1.44 bits per heavy atom. The molecule has 0 bridgehead atoms. The van der Waals surface area contributed by atoms with E-state index >= 15 is 0 Å². The fourth-order valence-electron chi connectivity index (χ4n) is 2.02. The van der Waals surface area contributed by atoms with E-state index in [9.17, 15) is 4.79 Å². The second kappa shape index (κ2) is 3.45. The number of hydrogen-bond donors (Lipinski definition) is 2. The van der Waals surface area contributed by atoms with Gasteiger partial charge in [-0.15, -0.1) is 11.3 Å². The quantitative estimate of drug-likeness (QED) is 0.838. The Hall–Kier alpha value is -1.62. The van der Waals surface area contributed by atoms with E-state index in [4.69, 9.17) is 5.11 Å². The first-order valence-corrected chi connectivity index (χ1v) is 5.96. The van der Waals surface area contributed by atoms with Gasteiger partial charge in [-0.3, -0.25) is 5.10 Å². The van der Waals surface area contributed by atoms with Gasteiger partial charge in [0.15, 0.2) is 5.69 Å². The van der Waals surface area contributed by atoms with Gasteiger partial charge in [-0.1, -0.05) is 0 Å². The minimum atomic E-state index is -0.994. The molecule has 1 aliphatic rings. The number of nitrogens with one attached hydrogen (secondary N) is 1. The van der Waals surface area contributed by atoms with Crippen molar-refractivity contribution in [2.75, 3.05) is 0 Å². The average Bonchev–Trinajstić information content (AvgIpc) is 2.91. The number of aromatic nitrogens is 2. The number of nitrogens with zero attached hydrogens (tertiary/aromatic N) is 1. The van der Waals surface area contributed by atoms with Crippen molar-refractivity contribution in [3.8, 4) is 10.6 Å². The first-order chi connectivity index (χ1) is 7.74. The fraction of sp³-hybridized carbons (Fsp3) is 0.273. The van der Waals surface area contributed by atoms with Gasteiger partial charge in [0.05, 0.1) is 10.6 Å². The van der Waals surface area contributed by atoms with Gasteiger partial charge in [-0.25, -0.2) is 4.79 Å². The van der Waals surface area contributed by atoms with Crippen LogP contribution in [-0.4, -0.2) is 21.3 Å². The maximum absolute atomic E-state index is 10.7. The van der Waals surface area contributed by atoms with Gasteiger partial charge in [-0.05, 0) is 37.0 Å². The van der Waals surface area contributed by atoms with Crippen molar-refractivity contribution in [2.45, 2.75) is 19.3 Å². The Labute approximate surface area is 95.9 Å². The fourth-order valence-corrected chi connectivity index (χ4v) is 3.24. The Balaban J connectivity index is 1.98. The second-order valence-corrected chi connectivity index (χ2v) is 5.02. The molecule has 2 aromatic heterocycles. The van der Waals surface area contributed by atoms with Crippen LogP contribution in [0.15, 0.2) is 12.1 Å². The van der Waals surface area contributed by atoms with Crippen LogP contribution >= 0.6 is 11.3 Å². The van der Waals surface area contributed by atoms with Gasteiger partial charge >= 0.3 is 5.97 Å². The number of hydrogen-bond acceptors (Lipinski definition) is 3. The van der Waals surface area contributed by atoms with E-state index in [0.29, 0.717) is 0 Å². The van der Waals surface area contributed by atoms with Gasteiger partial charge in [0, 0.05) is 4.88 Å². The van der Waals surface area contributed by atoms with Crippen molar-refractivity contribution in [2.24, 2.45) is 0 Å². The summed E-state index contributed by atoms with van der Waals surface area (Å²) in [5.74, 6) is -0.994. The van der Waals surface area contributed by atoms with Gasteiger partial charge in [-0.2, -0.15) is 5.10 Å². The molecule has 2 N–H and O–H groups in total. The predicted octanol–water partition coefficient (Wildman–Crippen LogP) is 2.33. The zero-order chi connectivity index (χ0) is 11.1. The molecule has 82 valence electrons. The highest BCUT2D eigenvalue weighted by Crippen LogP contribution is 2.35. The minimum Gasteiger partial charge on any atom is -0.476 e. The third-order valence-electron chi connectivity index (χ3n) is 2.81. The summed E-state index contributed by atoms with van der Waals surface area (Å²) in [6.07, 6.45) is 3.54. The lowest BCUT2D eigenvalue weighted by molar-refractivity contribution is 0.0690. The van der Waals surface area contributed by atoms with E-state index in [1.54, 1.807) is 17.4 Å². The number of carbonyl (C=O) groups is 1. The normalized spacial score (nSPS) is 14.0. The standard InChI is InChI=1S/C11H10N2O2S/c14-11(15)8-5-7(12-13-8)10-4-6-2-1-3-9(6)16-10/h4-5H,1-3H2,(H,12,13)(H,14,15). The number of aromatic amines is 1. The molecule has 1 aliphatic carbocycles. The van der Waals surface area contributed by atoms with Crippen molar-refractivity contribution in [1.29, 1.82) is 0 Å². The summed E-state index contributed by atoms with van der Waals surface area (Å²) >= 11 is 1.74. The van der Waals surface area contributed by atoms with Crippen molar-refractivity contribution in [3.63, 3.8) is 0 Å². The van der Waals surface area contributed by atoms with E-state index in [-0.39, 0.29) is 5.69 Å². The highest BCUT2D eigenvalue weighted by Gasteiger charge is 2.17. The lowest BCUT2D eigenvalue weighted by atomic mass is 10.2. The number of carboxylic acids is 1. The molecule has 2 heterocycles. The van der Waals surface area contributed by atoms with Gasteiger partial charge < -0.3 is 5.11 Å². The molecule has 0 unspecified atom stereocenters. The summed E-state index contributed by atoms with van der Waals surface area (Å²) in [5, 5.41) is 15.3. The molecule has 0 amide bonds. The molecule has 4 nitrogen and oxygen atoms in total. The Kier molecular flexibility index (Phi) is 2.07. The summed E-state index contributed by atoms with van der Waals surface area (Å²) in [5.41, 5.74) is 2.28. The van der Waals surface area contributed by atoms with E-state index in [1.165, 1.54) is 16.9 Å². The summed E-state index contributed by atoms with van der Waals surface area (Å²) in [6.45, 7) is 0. The Bertz CT molecular complexity index is 535. The van der Waals surface area contributed by atoms with E-state index in [1.807, 2.05) is 0 Å². The monoisotopic (exact) mass is 234 g/mol. The average molecular weight is 234 g/mol. The highest BCUT2D eigenvalue weighted by atomic mass is 32.1. The highest BCUT2D eigenvalue weighted by molar-refractivity contribution is 7.15. The Morgan fingerprint density at radius 3 is 3.00 bits per heavy atom.